The summed E-state index contributed by atoms with van der Waals surface area (Å²) in [6.45, 7) is 2.85. The molecule has 1 amide bonds. The van der Waals surface area contributed by atoms with E-state index in [-0.39, 0.29) is 17.2 Å². The van der Waals surface area contributed by atoms with Gasteiger partial charge in [0.15, 0.2) is 0 Å². The predicted molar refractivity (Wildman–Crippen MR) is 119 cm³/mol. The van der Waals surface area contributed by atoms with Crippen LogP contribution in [-0.2, 0) is 27.8 Å². The maximum Gasteiger partial charge on any atom is 0.261 e. The number of halogens is 1. The number of nitrogens with one attached hydrogen (secondary N) is 2. The van der Waals surface area contributed by atoms with Crippen molar-refractivity contribution >= 4 is 21.6 Å². The lowest BCUT2D eigenvalue weighted by atomic mass is 10.1. The molecule has 0 saturated heterocycles. The fourth-order valence-electron chi connectivity index (χ4n) is 2.85. The number of aromatic nitrogens is 1. The van der Waals surface area contributed by atoms with Crippen LogP contribution in [0.5, 0.6) is 5.88 Å². The van der Waals surface area contributed by atoms with E-state index < -0.39 is 15.8 Å². The van der Waals surface area contributed by atoms with Crippen LogP contribution in [0.3, 0.4) is 0 Å². The molecule has 32 heavy (non-hydrogen) atoms. The van der Waals surface area contributed by atoms with Gasteiger partial charge in [-0.1, -0.05) is 25.1 Å². The number of hydrogen-bond acceptors (Lipinski definition) is 5. The molecule has 0 atom stereocenters. The molecular weight excluding hydrogens is 433 g/mol. The second-order valence-corrected chi connectivity index (χ2v) is 8.71. The van der Waals surface area contributed by atoms with Crippen LogP contribution < -0.4 is 14.8 Å². The largest absolute Gasteiger partial charge is 0.477 e. The molecule has 2 N–H and O–H groups in total. The first-order valence-electron chi connectivity index (χ1n) is 10.1. The number of carbonyl (C=O) groups is 1. The summed E-state index contributed by atoms with van der Waals surface area (Å²) in [6, 6.07) is 14.7. The second-order valence-electron chi connectivity index (χ2n) is 7.03. The lowest BCUT2D eigenvalue weighted by molar-refractivity contribution is -0.120. The average molecular weight is 458 g/mol. The Kier molecular flexibility index (Phi) is 7.77. The van der Waals surface area contributed by atoms with Gasteiger partial charge in [0.05, 0.1) is 17.9 Å². The summed E-state index contributed by atoms with van der Waals surface area (Å²) in [5.74, 6) is -0.192. The van der Waals surface area contributed by atoms with Crippen molar-refractivity contribution in [1.82, 2.24) is 10.3 Å². The molecule has 7 nitrogen and oxygen atoms in total. The van der Waals surface area contributed by atoms with E-state index in [9.17, 15) is 17.6 Å². The van der Waals surface area contributed by atoms with Crippen molar-refractivity contribution in [2.75, 3.05) is 11.3 Å². The highest BCUT2D eigenvalue weighted by Gasteiger charge is 2.14. The van der Waals surface area contributed by atoms with Gasteiger partial charge in [-0.3, -0.25) is 9.52 Å². The standard InChI is InChI=1S/C23H24FN3O4S/c1-2-14-31-23-18(4-3-13-25-23)16-26-22(28)15-17-5-9-20(10-6-17)27-32(29,30)21-11-7-19(24)8-12-21/h3-13,27H,2,14-16H2,1H3,(H,26,28). The van der Waals surface area contributed by atoms with Crippen molar-refractivity contribution < 1.29 is 22.3 Å². The van der Waals surface area contributed by atoms with Gasteiger partial charge in [-0.05, 0) is 54.4 Å². The Morgan fingerprint density at radius 2 is 1.78 bits per heavy atom. The first-order valence-corrected chi connectivity index (χ1v) is 11.6. The van der Waals surface area contributed by atoms with Gasteiger partial charge in [0.2, 0.25) is 11.8 Å². The minimum Gasteiger partial charge on any atom is -0.477 e. The lowest BCUT2D eigenvalue weighted by Gasteiger charge is -2.11. The van der Waals surface area contributed by atoms with Crippen LogP contribution in [0.4, 0.5) is 10.1 Å². The highest BCUT2D eigenvalue weighted by Crippen LogP contribution is 2.18. The molecule has 0 aliphatic carbocycles. The fraction of sp³-hybridized carbons (Fsp3) is 0.217. The zero-order valence-corrected chi connectivity index (χ0v) is 18.4. The smallest absolute Gasteiger partial charge is 0.261 e. The van der Waals surface area contributed by atoms with E-state index in [1.807, 2.05) is 13.0 Å². The van der Waals surface area contributed by atoms with Crippen molar-refractivity contribution in [2.45, 2.75) is 31.2 Å². The number of sulfonamides is 1. The number of pyridine rings is 1. The number of anilines is 1. The quantitative estimate of drug-likeness (QED) is 0.484. The molecule has 1 aromatic heterocycles. The van der Waals surface area contributed by atoms with Crippen LogP contribution in [-0.4, -0.2) is 25.9 Å². The Morgan fingerprint density at radius 1 is 1.06 bits per heavy atom. The number of amides is 1. The molecule has 0 saturated carbocycles. The second kappa shape index (κ2) is 10.7. The maximum atomic E-state index is 13.0. The van der Waals surface area contributed by atoms with Gasteiger partial charge in [-0.2, -0.15) is 0 Å². The van der Waals surface area contributed by atoms with Crippen molar-refractivity contribution in [3.8, 4) is 5.88 Å². The molecule has 0 unspecified atom stereocenters. The minimum absolute atomic E-state index is 0.0416. The third-order valence-electron chi connectivity index (χ3n) is 4.46. The Morgan fingerprint density at radius 3 is 2.47 bits per heavy atom. The molecule has 3 aromatic rings. The summed E-state index contributed by atoms with van der Waals surface area (Å²) in [5, 5.41) is 2.84. The summed E-state index contributed by atoms with van der Waals surface area (Å²) >= 11 is 0. The number of rotatable bonds is 10. The molecule has 0 fully saturated rings. The first-order chi connectivity index (χ1) is 15.4. The van der Waals surface area contributed by atoms with E-state index in [1.54, 1.807) is 36.5 Å². The third kappa shape index (κ3) is 6.52. The predicted octanol–water partition coefficient (Wildman–Crippen LogP) is 3.67. The Labute approximate surface area is 186 Å². The molecular formula is C23H24FN3O4S. The maximum absolute atomic E-state index is 13.0. The Balaban J connectivity index is 1.55. The van der Waals surface area contributed by atoms with Crippen LogP contribution >= 0.6 is 0 Å². The summed E-state index contributed by atoms with van der Waals surface area (Å²) in [4.78, 5) is 16.5. The molecule has 3 rings (SSSR count). The summed E-state index contributed by atoms with van der Waals surface area (Å²) in [6.07, 6.45) is 2.64. The lowest BCUT2D eigenvalue weighted by Crippen LogP contribution is -2.25. The molecule has 0 aliphatic rings. The van der Waals surface area contributed by atoms with Gasteiger partial charge in [-0.25, -0.2) is 17.8 Å². The van der Waals surface area contributed by atoms with Crippen LogP contribution in [0.2, 0.25) is 0 Å². The molecule has 0 bridgehead atoms. The van der Waals surface area contributed by atoms with Gasteiger partial charge in [-0.15, -0.1) is 0 Å². The Bertz CT molecular complexity index is 1150. The van der Waals surface area contributed by atoms with Crippen molar-refractivity contribution in [2.24, 2.45) is 0 Å². The number of nitrogens with zero attached hydrogens (tertiary/aromatic N) is 1. The summed E-state index contributed by atoms with van der Waals surface area (Å²) < 4.78 is 45.8. The van der Waals surface area contributed by atoms with E-state index in [0.29, 0.717) is 24.7 Å². The van der Waals surface area contributed by atoms with Crippen molar-refractivity contribution in [3.63, 3.8) is 0 Å². The topological polar surface area (TPSA) is 97.4 Å². The van der Waals surface area contributed by atoms with Crippen molar-refractivity contribution in [3.05, 3.63) is 83.8 Å². The van der Waals surface area contributed by atoms with Crippen LogP contribution in [0.25, 0.3) is 0 Å². The molecule has 9 heteroatoms. The number of hydrogen-bond donors (Lipinski definition) is 2. The van der Waals surface area contributed by atoms with Gasteiger partial charge < -0.3 is 10.1 Å². The van der Waals surface area contributed by atoms with E-state index >= 15 is 0 Å². The molecule has 0 aliphatic heterocycles. The first kappa shape index (κ1) is 23.2. The molecule has 0 radical (unpaired) electrons. The van der Waals surface area contributed by atoms with E-state index in [1.165, 1.54) is 12.1 Å². The van der Waals surface area contributed by atoms with Gasteiger partial charge in [0, 0.05) is 24.0 Å². The molecule has 1 heterocycles. The fourth-order valence-corrected chi connectivity index (χ4v) is 3.91. The van der Waals surface area contributed by atoms with E-state index in [0.717, 1.165) is 29.7 Å². The normalized spacial score (nSPS) is 11.1. The summed E-state index contributed by atoms with van der Waals surface area (Å²) in [5.41, 5.74) is 1.85. The molecule has 2 aromatic carbocycles. The highest BCUT2D eigenvalue weighted by molar-refractivity contribution is 7.92. The van der Waals surface area contributed by atoms with Gasteiger partial charge >= 0.3 is 0 Å². The van der Waals surface area contributed by atoms with E-state index in [4.69, 9.17) is 4.74 Å². The van der Waals surface area contributed by atoms with Crippen LogP contribution in [0, 0.1) is 5.82 Å². The highest BCUT2D eigenvalue weighted by atomic mass is 32.2. The number of benzene rings is 2. The summed E-state index contributed by atoms with van der Waals surface area (Å²) in [7, 11) is -3.83. The average Bonchev–Trinajstić information content (AvgIpc) is 2.78. The number of ether oxygens (including phenoxy) is 1. The molecule has 168 valence electrons. The van der Waals surface area contributed by atoms with Crippen molar-refractivity contribution in [1.29, 1.82) is 0 Å². The van der Waals surface area contributed by atoms with Crippen LogP contribution in [0.1, 0.15) is 24.5 Å². The monoisotopic (exact) mass is 457 g/mol. The molecule has 0 spiro atoms. The SMILES string of the molecule is CCCOc1ncccc1CNC(=O)Cc1ccc(NS(=O)(=O)c2ccc(F)cc2)cc1. The minimum atomic E-state index is -3.83. The van der Waals surface area contributed by atoms with Gasteiger partial charge in [0.25, 0.3) is 10.0 Å². The zero-order valence-electron chi connectivity index (χ0n) is 17.5. The van der Waals surface area contributed by atoms with E-state index in [2.05, 4.69) is 15.0 Å². The zero-order chi connectivity index (χ0) is 23.0. The van der Waals surface area contributed by atoms with Crippen LogP contribution in [0.15, 0.2) is 71.8 Å². The number of carbonyl (C=O) groups excluding carboxylic acids is 1. The Hall–Kier alpha value is -3.46. The third-order valence-corrected chi connectivity index (χ3v) is 5.86. The van der Waals surface area contributed by atoms with Gasteiger partial charge in [0.1, 0.15) is 5.82 Å².